The summed E-state index contributed by atoms with van der Waals surface area (Å²) in [5, 5.41) is 8.85. The van der Waals surface area contributed by atoms with Crippen molar-refractivity contribution in [1.29, 1.82) is 0 Å². The minimum Gasteiger partial charge on any atom is -0.504 e. The van der Waals surface area contributed by atoms with Crippen LogP contribution in [0.25, 0.3) is 0 Å². The van der Waals surface area contributed by atoms with Gasteiger partial charge in [-0.25, -0.2) is 4.79 Å². The summed E-state index contributed by atoms with van der Waals surface area (Å²) in [6.07, 6.45) is 5.42. The number of methoxy groups -OCH3 is 1. The van der Waals surface area contributed by atoms with Gasteiger partial charge in [-0.05, 0) is 43.1 Å². The summed E-state index contributed by atoms with van der Waals surface area (Å²) in [5.41, 5.74) is 1.40. The Bertz CT molecular complexity index is 285. The third kappa shape index (κ3) is 2.31. The Kier molecular flexibility index (Phi) is 3.36. The van der Waals surface area contributed by atoms with Crippen molar-refractivity contribution >= 4 is 6.09 Å². The molecule has 1 aliphatic carbocycles. The van der Waals surface area contributed by atoms with Crippen LogP contribution in [0, 0.1) is 11.8 Å². The second-order valence-corrected chi connectivity index (χ2v) is 4.79. The minimum atomic E-state index is -0.771. The lowest BCUT2D eigenvalue weighted by molar-refractivity contribution is 0.104. The van der Waals surface area contributed by atoms with E-state index in [1.54, 1.807) is 7.11 Å². The van der Waals surface area contributed by atoms with Crippen molar-refractivity contribution in [3.63, 3.8) is 0 Å². The summed E-state index contributed by atoms with van der Waals surface area (Å²) in [6, 6.07) is 0. The first-order valence-corrected chi connectivity index (χ1v) is 5.89. The number of hydrogen-bond donors (Lipinski definition) is 1. The van der Waals surface area contributed by atoms with Crippen molar-refractivity contribution in [2.75, 3.05) is 20.2 Å². The normalized spacial score (nSPS) is 26.2. The largest absolute Gasteiger partial charge is 0.504 e. The predicted octanol–water partition coefficient (Wildman–Crippen LogP) is 2.32. The highest BCUT2D eigenvalue weighted by atomic mass is 16.5. The van der Waals surface area contributed by atoms with Gasteiger partial charge < -0.3 is 14.7 Å². The van der Waals surface area contributed by atoms with Gasteiger partial charge in [-0.2, -0.15) is 0 Å². The Hall–Kier alpha value is -1.19. The Labute approximate surface area is 95.9 Å². The van der Waals surface area contributed by atoms with Crippen LogP contribution >= 0.6 is 0 Å². The lowest BCUT2D eigenvalue weighted by atomic mass is 9.69. The monoisotopic (exact) mass is 225 g/mol. The van der Waals surface area contributed by atoms with E-state index in [0.29, 0.717) is 19.0 Å². The maximum absolute atomic E-state index is 10.8. The van der Waals surface area contributed by atoms with Crippen LogP contribution in [0.3, 0.4) is 0 Å². The number of ether oxygens (including phenoxy) is 1. The molecule has 0 spiro atoms. The van der Waals surface area contributed by atoms with Gasteiger partial charge in [0.25, 0.3) is 0 Å². The number of nitrogens with zero attached hydrogens (tertiary/aromatic N) is 1. The highest BCUT2D eigenvalue weighted by Crippen LogP contribution is 2.42. The molecule has 2 fully saturated rings. The van der Waals surface area contributed by atoms with E-state index in [9.17, 15) is 4.79 Å². The Balaban J connectivity index is 1.75. The minimum absolute atomic E-state index is 0.708. The molecule has 4 heteroatoms. The first-order chi connectivity index (χ1) is 7.70. The van der Waals surface area contributed by atoms with Crippen molar-refractivity contribution in [3.8, 4) is 0 Å². The van der Waals surface area contributed by atoms with Gasteiger partial charge in [-0.1, -0.05) is 0 Å². The van der Waals surface area contributed by atoms with Crippen molar-refractivity contribution in [1.82, 2.24) is 4.90 Å². The summed E-state index contributed by atoms with van der Waals surface area (Å²) in [4.78, 5) is 12.3. The Morgan fingerprint density at radius 2 is 2.00 bits per heavy atom. The fourth-order valence-electron chi connectivity index (χ4n) is 2.77. The number of amides is 1. The lowest BCUT2D eigenvalue weighted by Gasteiger charge is -2.40. The summed E-state index contributed by atoms with van der Waals surface area (Å²) >= 11 is 0. The molecule has 0 unspecified atom stereocenters. The van der Waals surface area contributed by atoms with Crippen molar-refractivity contribution in [2.24, 2.45) is 11.8 Å². The summed E-state index contributed by atoms with van der Waals surface area (Å²) in [5.74, 6) is 1.47. The molecule has 2 aliphatic rings. The standard InChI is InChI=1S/C12H19NO3/c1-16-8-9-6-11(7-9)10-2-4-13(5-3-10)12(14)15/h8,10-11H,2-7H2,1H3,(H,14,15). The van der Waals surface area contributed by atoms with Crippen LogP contribution in [0.15, 0.2) is 11.8 Å². The van der Waals surface area contributed by atoms with E-state index in [1.807, 2.05) is 6.26 Å². The molecule has 1 saturated carbocycles. The van der Waals surface area contributed by atoms with E-state index in [-0.39, 0.29) is 0 Å². The van der Waals surface area contributed by atoms with Crippen LogP contribution < -0.4 is 0 Å². The van der Waals surface area contributed by atoms with Gasteiger partial charge >= 0.3 is 6.09 Å². The van der Waals surface area contributed by atoms with Crippen LogP contribution in [0.5, 0.6) is 0 Å². The SMILES string of the molecule is COC=C1CC(C2CCN(C(=O)O)CC2)C1. The topological polar surface area (TPSA) is 49.8 Å². The number of likely N-dealkylation sites (tertiary alicyclic amines) is 1. The summed E-state index contributed by atoms with van der Waals surface area (Å²) in [6.45, 7) is 1.42. The molecule has 0 bridgehead atoms. The molecule has 1 saturated heterocycles. The molecule has 0 aromatic heterocycles. The van der Waals surface area contributed by atoms with Crippen LogP contribution in [-0.2, 0) is 4.74 Å². The van der Waals surface area contributed by atoms with Gasteiger partial charge in [-0.3, -0.25) is 0 Å². The second kappa shape index (κ2) is 4.76. The number of rotatable bonds is 2. The average molecular weight is 225 g/mol. The number of piperidine rings is 1. The van der Waals surface area contributed by atoms with E-state index in [1.165, 1.54) is 10.5 Å². The molecule has 4 nitrogen and oxygen atoms in total. The fourth-order valence-corrected chi connectivity index (χ4v) is 2.77. The molecule has 16 heavy (non-hydrogen) atoms. The number of carboxylic acid groups (broad SMARTS) is 1. The van der Waals surface area contributed by atoms with Crippen LogP contribution in [-0.4, -0.2) is 36.3 Å². The van der Waals surface area contributed by atoms with E-state index in [4.69, 9.17) is 9.84 Å². The average Bonchev–Trinajstić information content (AvgIpc) is 2.23. The molecule has 1 amide bonds. The first-order valence-electron chi connectivity index (χ1n) is 5.89. The van der Waals surface area contributed by atoms with Gasteiger partial charge in [-0.15, -0.1) is 0 Å². The van der Waals surface area contributed by atoms with Crippen molar-refractivity contribution in [2.45, 2.75) is 25.7 Å². The number of hydrogen-bond acceptors (Lipinski definition) is 2. The molecule has 0 radical (unpaired) electrons. The highest BCUT2D eigenvalue weighted by Gasteiger charge is 2.34. The highest BCUT2D eigenvalue weighted by molar-refractivity contribution is 5.64. The fraction of sp³-hybridized carbons (Fsp3) is 0.750. The van der Waals surface area contributed by atoms with Gasteiger partial charge in [0.1, 0.15) is 0 Å². The van der Waals surface area contributed by atoms with E-state index >= 15 is 0 Å². The van der Waals surface area contributed by atoms with Gasteiger partial charge in [0, 0.05) is 13.1 Å². The molecule has 2 rings (SSSR count). The zero-order valence-electron chi connectivity index (χ0n) is 9.69. The predicted molar refractivity (Wildman–Crippen MR) is 60.1 cm³/mol. The number of allylic oxidation sites excluding steroid dienone is 1. The number of carbonyl (C=O) groups is 1. The van der Waals surface area contributed by atoms with Crippen LogP contribution in [0.2, 0.25) is 0 Å². The molecule has 90 valence electrons. The zero-order valence-corrected chi connectivity index (χ0v) is 9.69. The summed E-state index contributed by atoms with van der Waals surface area (Å²) < 4.78 is 4.98. The Morgan fingerprint density at radius 3 is 2.50 bits per heavy atom. The van der Waals surface area contributed by atoms with E-state index in [0.717, 1.165) is 31.6 Å². The maximum Gasteiger partial charge on any atom is 0.407 e. The van der Waals surface area contributed by atoms with Crippen molar-refractivity contribution < 1.29 is 14.6 Å². The quantitative estimate of drug-likeness (QED) is 0.734. The van der Waals surface area contributed by atoms with Crippen LogP contribution in [0.4, 0.5) is 4.79 Å². The molecule has 0 aromatic rings. The van der Waals surface area contributed by atoms with Crippen LogP contribution in [0.1, 0.15) is 25.7 Å². The van der Waals surface area contributed by atoms with E-state index < -0.39 is 6.09 Å². The van der Waals surface area contributed by atoms with Gasteiger partial charge in [0.05, 0.1) is 13.4 Å². The molecular formula is C12H19NO3. The Morgan fingerprint density at radius 1 is 1.38 bits per heavy atom. The lowest BCUT2D eigenvalue weighted by Crippen LogP contribution is -2.40. The molecule has 1 heterocycles. The maximum atomic E-state index is 10.8. The third-order valence-electron chi connectivity index (χ3n) is 3.81. The smallest absolute Gasteiger partial charge is 0.407 e. The molecule has 1 N–H and O–H groups in total. The van der Waals surface area contributed by atoms with Gasteiger partial charge in [0.15, 0.2) is 0 Å². The summed E-state index contributed by atoms with van der Waals surface area (Å²) in [7, 11) is 1.69. The first kappa shape index (κ1) is 11.3. The molecule has 0 aromatic carbocycles. The van der Waals surface area contributed by atoms with E-state index in [2.05, 4.69) is 0 Å². The van der Waals surface area contributed by atoms with Gasteiger partial charge in [0.2, 0.25) is 0 Å². The van der Waals surface area contributed by atoms with Crippen molar-refractivity contribution in [3.05, 3.63) is 11.8 Å². The third-order valence-corrected chi connectivity index (χ3v) is 3.81. The second-order valence-electron chi connectivity index (χ2n) is 4.79. The molecular weight excluding hydrogens is 206 g/mol. The zero-order chi connectivity index (χ0) is 11.5. The molecule has 1 aliphatic heterocycles. The molecule has 0 atom stereocenters.